The van der Waals surface area contributed by atoms with Gasteiger partial charge in [0.15, 0.2) is 5.13 Å². The molecule has 0 radical (unpaired) electrons. The Morgan fingerprint density at radius 2 is 2.05 bits per heavy atom. The van der Waals surface area contributed by atoms with Gasteiger partial charge in [0.2, 0.25) is 5.91 Å². The number of benzene rings is 1. The number of aromatic nitrogens is 1. The van der Waals surface area contributed by atoms with E-state index in [2.05, 4.69) is 10.3 Å². The van der Waals surface area contributed by atoms with Gasteiger partial charge < -0.3 is 5.32 Å². The van der Waals surface area contributed by atoms with Crippen molar-refractivity contribution in [2.45, 2.75) is 25.7 Å². The van der Waals surface area contributed by atoms with Gasteiger partial charge in [0.1, 0.15) is 0 Å². The van der Waals surface area contributed by atoms with Crippen LogP contribution in [0.4, 0.5) is 5.13 Å². The molecule has 0 atom stereocenters. The zero-order chi connectivity index (χ0) is 13.9. The quantitative estimate of drug-likeness (QED) is 0.901. The minimum Gasteiger partial charge on any atom is -0.302 e. The largest absolute Gasteiger partial charge is 0.302 e. The van der Waals surface area contributed by atoms with Crippen molar-refractivity contribution in [2.24, 2.45) is 5.92 Å². The van der Waals surface area contributed by atoms with Crippen LogP contribution in [0.5, 0.6) is 0 Å². The minimum absolute atomic E-state index is 0.0996. The molecule has 1 N–H and O–H groups in total. The molecule has 5 heteroatoms. The number of hydrogen-bond donors (Lipinski definition) is 1. The van der Waals surface area contributed by atoms with E-state index in [0.717, 1.165) is 36.9 Å². The highest BCUT2D eigenvalue weighted by atomic mass is 35.5. The third-order valence-corrected chi connectivity index (χ3v) is 4.70. The average Bonchev–Trinajstić information content (AvgIpc) is 3.10. The molecule has 0 aliphatic heterocycles. The Morgan fingerprint density at radius 3 is 2.80 bits per heavy atom. The number of nitrogens with zero attached hydrogens (tertiary/aromatic N) is 1. The lowest BCUT2D eigenvalue weighted by molar-refractivity contribution is -0.119. The Morgan fingerprint density at radius 1 is 1.30 bits per heavy atom. The summed E-state index contributed by atoms with van der Waals surface area (Å²) >= 11 is 7.59. The molecule has 1 saturated carbocycles. The molecule has 0 saturated heterocycles. The number of thiazole rings is 1. The zero-order valence-corrected chi connectivity index (χ0v) is 12.5. The van der Waals surface area contributed by atoms with Crippen molar-refractivity contribution in [3.05, 3.63) is 34.7 Å². The highest BCUT2D eigenvalue weighted by Gasteiger charge is 2.23. The molecule has 3 rings (SSSR count). The Labute approximate surface area is 127 Å². The van der Waals surface area contributed by atoms with Crippen LogP contribution in [0.15, 0.2) is 29.6 Å². The van der Waals surface area contributed by atoms with E-state index in [1.165, 1.54) is 11.3 Å². The number of carbonyl (C=O) groups is 1. The molecule has 1 heterocycles. The lowest BCUT2D eigenvalue weighted by atomic mass is 10.1. The lowest BCUT2D eigenvalue weighted by Gasteiger charge is -2.07. The molecule has 1 aliphatic rings. The molecule has 1 amide bonds. The maximum absolute atomic E-state index is 12.1. The molecule has 20 heavy (non-hydrogen) atoms. The van der Waals surface area contributed by atoms with Crippen LogP contribution in [-0.2, 0) is 4.79 Å². The van der Waals surface area contributed by atoms with Crippen LogP contribution in [0.1, 0.15) is 25.7 Å². The van der Waals surface area contributed by atoms with Gasteiger partial charge in [-0.15, -0.1) is 11.3 Å². The predicted octanol–water partition coefficient (Wildman–Crippen LogP) is 4.59. The highest BCUT2D eigenvalue weighted by molar-refractivity contribution is 7.14. The molecule has 1 fully saturated rings. The number of halogens is 1. The fraction of sp³-hybridized carbons (Fsp3) is 0.333. The molecule has 0 unspecified atom stereocenters. The Kier molecular flexibility index (Phi) is 4.03. The van der Waals surface area contributed by atoms with Gasteiger partial charge in [-0.1, -0.05) is 42.6 Å². The Bertz CT molecular complexity index is 620. The maximum atomic E-state index is 12.1. The maximum Gasteiger partial charge on any atom is 0.229 e. The van der Waals surface area contributed by atoms with Gasteiger partial charge >= 0.3 is 0 Å². The van der Waals surface area contributed by atoms with Gasteiger partial charge in [-0.05, 0) is 18.9 Å². The molecule has 104 valence electrons. The van der Waals surface area contributed by atoms with Crippen LogP contribution in [0.25, 0.3) is 11.3 Å². The van der Waals surface area contributed by atoms with Crippen molar-refractivity contribution in [1.29, 1.82) is 0 Å². The first-order valence-corrected chi connectivity index (χ1v) is 8.01. The van der Waals surface area contributed by atoms with Crippen LogP contribution in [0.2, 0.25) is 5.02 Å². The molecule has 0 spiro atoms. The van der Waals surface area contributed by atoms with E-state index < -0.39 is 0 Å². The van der Waals surface area contributed by atoms with Crippen LogP contribution < -0.4 is 5.32 Å². The highest BCUT2D eigenvalue weighted by Crippen LogP contribution is 2.31. The second kappa shape index (κ2) is 5.94. The summed E-state index contributed by atoms with van der Waals surface area (Å²) < 4.78 is 0. The summed E-state index contributed by atoms with van der Waals surface area (Å²) in [6.45, 7) is 0. The predicted molar refractivity (Wildman–Crippen MR) is 83.1 cm³/mol. The third-order valence-electron chi connectivity index (χ3n) is 3.61. The summed E-state index contributed by atoms with van der Waals surface area (Å²) in [6, 6.07) is 7.59. The van der Waals surface area contributed by atoms with E-state index in [1.807, 2.05) is 29.6 Å². The summed E-state index contributed by atoms with van der Waals surface area (Å²) in [5, 5.41) is 6.16. The number of rotatable bonds is 3. The fourth-order valence-corrected chi connectivity index (χ4v) is 3.47. The smallest absolute Gasteiger partial charge is 0.229 e. The SMILES string of the molecule is O=C(Nc1nc(-c2ccccc2Cl)cs1)C1CCCC1. The summed E-state index contributed by atoms with van der Waals surface area (Å²) in [5.74, 6) is 0.255. The molecule has 3 nitrogen and oxygen atoms in total. The Balaban J connectivity index is 1.74. The number of hydrogen-bond acceptors (Lipinski definition) is 3. The van der Waals surface area contributed by atoms with Gasteiger partial charge in [0.25, 0.3) is 0 Å². The van der Waals surface area contributed by atoms with Crippen LogP contribution in [-0.4, -0.2) is 10.9 Å². The van der Waals surface area contributed by atoms with Gasteiger partial charge in [0.05, 0.1) is 5.69 Å². The summed E-state index contributed by atoms with van der Waals surface area (Å²) in [4.78, 5) is 16.5. The first-order chi connectivity index (χ1) is 9.74. The fourth-order valence-electron chi connectivity index (χ4n) is 2.52. The van der Waals surface area contributed by atoms with Crippen molar-refractivity contribution in [3.63, 3.8) is 0 Å². The van der Waals surface area contributed by atoms with E-state index in [9.17, 15) is 4.79 Å². The van der Waals surface area contributed by atoms with Crippen molar-refractivity contribution in [3.8, 4) is 11.3 Å². The van der Waals surface area contributed by atoms with Gasteiger partial charge in [-0.2, -0.15) is 0 Å². The van der Waals surface area contributed by atoms with Crippen molar-refractivity contribution >= 4 is 34.0 Å². The lowest BCUT2D eigenvalue weighted by Crippen LogP contribution is -2.20. The molecular formula is C15H15ClN2OS. The zero-order valence-electron chi connectivity index (χ0n) is 10.9. The normalized spacial score (nSPS) is 15.4. The standard InChI is InChI=1S/C15H15ClN2OS/c16-12-8-4-3-7-11(12)13-9-20-15(17-13)18-14(19)10-5-1-2-6-10/h3-4,7-10H,1-2,5-6H2,(H,17,18,19). The Hall–Kier alpha value is -1.39. The average molecular weight is 307 g/mol. The number of amides is 1. The van der Waals surface area contributed by atoms with Crippen LogP contribution >= 0.6 is 22.9 Å². The second-order valence-electron chi connectivity index (χ2n) is 4.99. The summed E-state index contributed by atoms with van der Waals surface area (Å²) in [7, 11) is 0. The van der Waals surface area contributed by atoms with E-state index in [-0.39, 0.29) is 11.8 Å². The van der Waals surface area contributed by atoms with Crippen LogP contribution in [0.3, 0.4) is 0 Å². The summed E-state index contributed by atoms with van der Waals surface area (Å²) in [5.41, 5.74) is 1.70. The molecule has 0 bridgehead atoms. The van der Waals surface area contributed by atoms with E-state index in [1.54, 1.807) is 0 Å². The molecular weight excluding hydrogens is 292 g/mol. The van der Waals surface area contributed by atoms with Gasteiger partial charge in [-0.3, -0.25) is 4.79 Å². The van der Waals surface area contributed by atoms with E-state index >= 15 is 0 Å². The molecule has 1 aromatic carbocycles. The van der Waals surface area contributed by atoms with Crippen molar-refractivity contribution in [2.75, 3.05) is 5.32 Å². The van der Waals surface area contributed by atoms with Crippen molar-refractivity contribution < 1.29 is 4.79 Å². The first-order valence-electron chi connectivity index (χ1n) is 6.75. The number of anilines is 1. The van der Waals surface area contributed by atoms with Crippen LogP contribution in [0, 0.1) is 5.92 Å². The summed E-state index contributed by atoms with van der Waals surface area (Å²) in [6.07, 6.45) is 4.30. The third kappa shape index (κ3) is 2.86. The minimum atomic E-state index is 0.0996. The van der Waals surface area contributed by atoms with E-state index in [4.69, 9.17) is 11.6 Å². The monoisotopic (exact) mass is 306 g/mol. The second-order valence-corrected chi connectivity index (χ2v) is 6.25. The molecule has 1 aromatic heterocycles. The van der Waals surface area contributed by atoms with Gasteiger partial charge in [-0.25, -0.2) is 4.98 Å². The topological polar surface area (TPSA) is 42.0 Å². The van der Waals surface area contributed by atoms with E-state index in [0.29, 0.717) is 10.2 Å². The number of nitrogens with one attached hydrogen (secondary N) is 1. The van der Waals surface area contributed by atoms with Gasteiger partial charge in [0, 0.05) is 21.9 Å². The first kappa shape index (κ1) is 13.6. The van der Waals surface area contributed by atoms with Crippen molar-refractivity contribution in [1.82, 2.24) is 4.98 Å². The molecule has 1 aliphatic carbocycles. The molecule has 2 aromatic rings. The number of carbonyl (C=O) groups excluding carboxylic acids is 1.